The molecule has 10 aromatic rings. The summed E-state index contributed by atoms with van der Waals surface area (Å²) in [6, 6.07) is 53.6. The average Bonchev–Trinajstić information content (AvgIpc) is 3.89. The molecule has 0 radical (unpaired) electrons. The van der Waals surface area contributed by atoms with Crippen LogP contribution in [0, 0.1) is 0 Å². The number of thiophene rings is 1. The van der Waals surface area contributed by atoms with Gasteiger partial charge in [0.15, 0.2) is 0 Å². The molecule has 51 heavy (non-hydrogen) atoms. The normalized spacial score (nSPS) is 18.2. The molecular formula is C45H31N3O2S. The predicted molar refractivity (Wildman–Crippen MR) is 210 cm³/mol. The first-order valence-electron chi connectivity index (χ1n) is 17.4. The molecule has 0 bridgehead atoms. The van der Waals surface area contributed by atoms with Gasteiger partial charge in [0.2, 0.25) is 0 Å². The van der Waals surface area contributed by atoms with Gasteiger partial charge < -0.3 is 8.83 Å². The maximum atomic E-state index is 7.01. The molecule has 0 saturated carbocycles. The predicted octanol–water partition coefficient (Wildman–Crippen LogP) is 11.7. The second-order valence-corrected chi connectivity index (χ2v) is 14.4. The molecule has 244 valence electrons. The van der Waals surface area contributed by atoms with Crippen molar-refractivity contribution in [3.63, 3.8) is 0 Å². The molecule has 3 unspecified atom stereocenters. The fourth-order valence-electron chi connectivity index (χ4n) is 8.06. The van der Waals surface area contributed by atoms with E-state index in [1.807, 2.05) is 29.5 Å². The molecule has 11 rings (SSSR count). The van der Waals surface area contributed by atoms with Crippen LogP contribution in [0.2, 0.25) is 0 Å². The fourth-order valence-corrected chi connectivity index (χ4v) is 9.14. The highest BCUT2D eigenvalue weighted by atomic mass is 32.1. The zero-order chi connectivity index (χ0) is 33.5. The number of nitrogens with one attached hydrogen (secondary N) is 3. The van der Waals surface area contributed by atoms with Gasteiger partial charge in [-0.15, -0.1) is 11.3 Å². The van der Waals surface area contributed by atoms with Crippen molar-refractivity contribution in [1.29, 1.82) is 0 Å². The Morgan fingerprint density at radius 2 is 1.06 bits per heavy atom. The van der Waals surface area contributed by atoms with Crippen LogP contribution in [0.5, 0.6) is 0 Å². The van der Waals surface area contributed by atoms with Crippen LogP contribution in [0.15, 0.2) is 160 Å². The topological polar surface area (TPSA) is 62.4 Å². The minimum atomic E-state index is -0.203. The summed E-state index contributed by atoms with van der Waals surface area (Å²) in [6.07, 6.45) is -0.420. The Morgan fingerprint density at radius 3 is 1.96 bits per heavy atom. The van der Waals surface area contributed by atoms with E-state index in [9.17, 15) is 0 Å². The van der Waals surface area contributed by atoms with Gasteiger partial charge in [-0.2, -0.15) is 0 Å². The first-order valence-corrected chi connectivity index (χ1v) is 18.2. The van der Waals surface area contributed by atoms with E-state index in [2.05, 4.69) is 149 Å². The summed E-state index contributed by atoms with van der Waals surface area (Å²) >= 11 is 1.85. The van der Waals surface area contributed by atoms with E-state index in [0.29, 0.717) is 0 Å². The summed E-state index contributed by atoms with van der Waals surface area (Å²) in [5, 5.41) is 18.6. The number of fused-ring (bicyclic) bond motifs is 9. The molecule has 5 nitrogen and oxygen atoms in total. The lowest BCUT2D eigenvalue weighted by Crippen LogP contribution is -2.54. The van der Waals surface area contributed by atoms with E-state index in [4.69, 9.17) is 8.83 Å². The number of para-hydroxylation sites is 3. The van der Waals surface area contributed by atoms with E-state index in [0.717, 1.165) is 60.6 Å². The molecule has 6 heteroatoms. The molecule has 3 N–H and O–H groups in total. The third-order valence-electron chi connectivity index (χ3n) is 10.4. The number of rotatable bonds is 4. The van der Waals surface area contributed by atoms with Crippen molar-refractivity contribution >= 4 is 75.4 Å². The zero-order valence-corrected chi connectivity index (χ0v) is 28.2. The van der Waals surface area contributed by atoms with Gasteiger partial charge in [-0.1, -0.05) is 121 Å². The van der Waals surface area contributed by atoms with Crippen molar-refractivity contribution in [3.05, 3.63) is 168 Å². The highest BCUT2D eigenvalue weighted by molar-refractivity contribution is 7.25. The molecule has 7 aromatic carbocycles. The Morgan fingerprint density at radius 1 is 0.412 bits per heavy atom. The minimum Gasteiger partial charge on any atom is -0.456 e. The first-order chi connectivity index (χ1) is 25.3. The lowest BCUT2D eigenvalue weighted by atomic mass is 9.97. The van der Waals surface area contributed by atoms with Gasteiger partial charge in [-0.05, 0) is 47.0 Å². The maximum absolute atomic E-state index is 7.01. The monoisotopic (exact) mass is 677 g/mol. The summed E-state index contributed by atoms with van der Waals surface area (Å²) in [4.78, 5) is 0. The van der Waals surface area contributed by atoms with Gasteiger partial charge >= 0.3 is 0 Å². The van der Waals surface area contributed by atoms with Crippen LogP contribution in [0.4, 0.5) is 0 Å². The van der Waals surface area contributed by atoms with Crippen LogP contribution >= 0.6 is 11.3 Å². The number of hydrogen-bond acceptors (Lipinski definition) is 6. The SMILES string of the molecule is c1ccc(C2NC(c3ccc4sc5ccccc5c4c3)NC(c3cccc4c3oc3c(-c5cccc6oc7ccccc7c56)cccc34)N2)cc1. The highest BCUT2D eigenvalue weighted by Gasteiger charge is 2.32. The second kappa shape index (κ2) is 11.4. The molecule has 0 amide bonds. The third-order valence-corrected chi connectivity index (χ3v) is 11.6. The summed E-state index contributed by atoms with van der Waals surface area (Å²) in [6.45, 7) is 0. The standard InChI is InChI=1S/C45H31N3O2S/c1-2-11-26(12-3-1)43-46-44(27-23-24-39-35(25-27)28-13-5-7-22-38(28)51-39)48-45(47-43)34-19-9-18-32-31-17-8-16-30(41(31)50-42(32)34)29-15-10-21-37-40(29)33-14-4-6-20-36(33)49-37/h1-25,43-48H. The van der Waals surface area contributed by atoms with Crippen molar-refractivity contribution in [2.75, 3.05) is 0 Å². The Bertz CT molecular complexity index is 2940. The zero-order valence-electron chi connectivity index (χ0n) is 27.4. The lowest BCUT2D eigenvalue weighted by Gasteiger charge is -2.39. The van der Waals surface area contributed by atoms with Crippen molar-refractivity contribution < 1.29 is 8.83 Å². The van der Waals surface area contributed by atoms with E-state index >= 15 is 0 Å². The van der Waals surface area contributed by atoms with Gasteiger partial charge in [0.1, 0.15) is 22.3 Å². The molecule has 1 aliphatic rings. The van der Waals surface area contributed by atoms with Crippen LogP contribution < -0.4 is 16.0 Å². The maximum Gasteiger partial charge on any atom is 0.143 e. The van der Waals surface area contributed by atoms with Crippen LogP contribution in [-0.4, -0.2) is 0 Å². The largest absolute Gasteiger partial charge is 0.456 e. The van der Waals surface area contributed by atoms with Crippen molar-refractivity contribution in [3.8, 4) is 11.1 Å². The van der Waals surface area contributed by atoms with Gasteiger partial charge in [-0.3, -0.25) is 16.0 Å². The van der Waals surface area contributed by atoms with Crippen LogP contribution in [0.25, 0.3) is 75.2 Å². The molecule has 1 saturated heterocycles. The van der Waals surface area contributed by atoms with Crippen molar-refractivity contribution in [2.24, 2.45) is 0 Å². The van der Waals surface area contributed by atoms with Crippen LogP contribution in [0.3, 0.4) is 0 Å². The van der Waals surface area contributed by atoms with Gasteiger partial charge in [0, 0.05) is 52.8 Å². The second-order valence-electron chi connectivity index (χ2n) is 13.3. The van der Waals surface area contributed by atoms with E-state index in [-0.39, 0.29) is 18.5 Å². The smallest absolute Gasteiger partial charge is 0.143 e. The Kier molecular flexibility index (Phi) is 6.48. The molecule has 0 aliphatic carbocycles. The summed E-state index contributed by atoms with van der Waals surface area (Å²) in [5.74, 6) is 0. The Labute approximate surface area is 297 Å². The summed E-state index contributed by atoms with van der Waals surface area (Å²) < 4.78 is 15.9. The van der Waals surface area contributed by atoms with E-state index in [1.54, 1.807) is 0 Å². The van der Waals surface area contributed by atoms with E-state index < -0.39 is 0 Å². The molecular weight excluding hydrogens is 647 g/mol. The van der Waals surface area contributed by atoms with Gasteiger partial charge in [0.05, 0.1) is 18.5 Å². The third kappa shape index (κ3) is 4.58. The summed E-state index contributed by atoms with van der Waals surface area (Å²) in [7, 11) is 0. The number of furan rings is 2. The Balaban J connectivity index is 1.06. The van der Waals surface area contributed by atoms with Gasteiger partial charge in [-0.25, -0.2) is 0 Å². The molecule has 1 fully saturated rings. The van der Waals surface area contributed by atoms with E-state index in [1.165, 1.54) is 31.3 Å². The molecule has 4 heterocycles. The Hall–Kier alpha value is -5.76. The quantitative estimate of drug-likeness (QED) is 0.173. The number of hydrogen-bond donors (Lipinski definition) is 3. The average molecular weight is 678 g/mol. The molecule has 3 atom stereocenters. The molecule has 1 aliphatic heterocycles. The van der Waals surface area contributed by atoms with Gasteiger partial charge in [0.25, 0.3) is 0 Å². The first kappa shape index (κ1) is 29.0. The lowest BCUT2D eigenvalue weighted by molar-refractivity contribution is 0.203. The number of benzene rings is 7. The van der Waals surface area contributed by atoms with Crippen molar-refractivity contribution in [1.82, 2.24) is 16.0 Å². The molecule has 0 spiro atoms. The molecule has 3 aromatic heterocycles. The summed E-state index contributed by atoms with van der Waals surface area (Å²) in [5.41, 5.74) is 9.09. The highest BCUT2D eigenvalue weighted by Crippen LogP contribution is 2.43. The van der Waals surface area contributed by atoms with Crippen molar-refractivity contribution in [2.45, 2.75) is 18.5 Å². The minimum absolute atomic E-state index is 0.0977. The fraction of sp³-hybridized carbons (Fsp3) is 0.0667. The van der Waals surface area contributed by atoms with Crippen LogP contribution in [0.1, 0.15) is 35.2 Å². The van der Waals surface area contributed by atoms with Crippen LogP contribution in [-0.2, 0) is 0 Å².